The predicted molar refractivity (Wildman–Crippen MR) is 80.6 cm³/mol. The Labute approximate surface area is 118 Å². The highest BCUT2D eigenvalue weighted by Crippen LogP contribution is 2.18. The Morgan fingerprint density at radius 1 is 1.35 bits per heavy atom. The SMILES string of the molecule is CNC(=O)c1cc(N(C)Cc2ccccc2N)ccn1. The number of hydrogen-bond donors (Lipinski definition) is 2. The minimum atomic E-state index is -0.195. The average Bonchev–Trinajstić information content (AvgIpc) is 2.49. The molecule has 0 radical (unpaired) electrons. The lowest BCUT2D eigenvalue weighted by Gasteiger charge is -2.20. The first kappa shape index (κ1) is 13.9. The van der Waals surface area contributed by atoms with Crippen molar-refractivity contribution in [3.8, 4) is 0 Å². The van der Waals surface area contributed by atoms with Crippen molar-refractivity contribution < 1.29 is 4.79 Å². The third-order valence-corrected chi connectivity index (χ3v) is 3.11. The Bertz CT molecular complexity index is 612. The van der Waals surface area contributed by atoms with Crippen LogP contribution in [-0.4, -0.2) is 25.0 Å². The van der Waals surface area contributed by atoms with Gasteiger partial charge in [0.25, 0.3) is 5.91 Å². The van der Waals surface area contributed by atoms with Gasteiger partial charge in [-0.15, -0.1) is 0 Å². The van der Waals surface area contributed by atoms with Gasteiger partial charge in [0.1, 0.15) is 5.69 Å². The average molecular weight is 270 g/mol. The topological polar surface area (TPSA) is 71.2 Å². The number of amides is 1. The number of para-hydroxylation sites is 1. The number of rotatable bonds is 4. The summed E-state index contributed by atoms with van der Waals surface area (Å²) in [5.41, 5.74) is 9.08. The third-order valence-electron chi connectivity index (χ3n) is 3.11. The number of nitrogens with two attached hydrogens (primary N) is 1. The standard InChI is InChI=1S/C15H18N4O/c1-17-15(20)14-9-12(7-8-18-14)19(2)10-11-5-3-4-6-13(11)16/h3-9H,10,16H2,1-2H3,(H,17,20). The van der Waals surface area contributed by atoms with Gasteiger partial charge in [-0.3, -0.25) is 9.78 Å². The van der Waals surface area contributed by atoms with E-state index in [0.717, 1.165) is 16.9 Å². The second-order valence-corrected chi connectivity index (χ2v) is 4.53. The van der Waals surface area contributed by atoms with Crippen LogP contribution in [0.4, 0.5) is 11.4 Å². The van der Waals surface area contributed by atoms with E-state index in [1.165, 1.54) is 0 Å². The van der Waals surface area contributed by atoms with Crippen LogP contribution in [0.25, 0.3) is 0 Å². The van der Waals surface area contributed by atoms with Gasteiger partial charge in [-0.25, -0.2) is 0 Å². The Morgan fingerprint density at radius 3 is 2.80 bits per heavy atom. The van der Waals surface area contributed by atoms with E-state index < -0.39 is 0 Å². The first-order chi connectivity index (χ1) is 9.61. The highest BCUT2D eigenvalue weighted by atomic mass is 16.1. The fourth-order valence-corrected chi connectivity index (χ4v) is 1.93. The fraction of sp³-hybridized carbons (Fsp3) is 0.200. The molecule has 0 saturated carbocycles. The van der Waals surface area contributed by atoms with Crippen molar-refractivity contribution in [3.05, 3.63) is 53.9 Å². The number of nitrogen functional groups attached to an aromatic ring is 1. The van der Waals surface area contributed by atoms with Crippen molar-refractivity contribution in [2.45, 2.75) is 6.54 Å². The largest absolute Gasteiger partial charge is 0.398 e. The van der Waals surface area contributed by atoms with Crippen molar-refractivity contribution in [2.24, 2.45) is 0 Å². The van der Waals surface area contributed by atoms with Crippen molar-refractivity contribution in [1.29, 1.82) is 0 Å². The molecule has 0 aliphatic rings. The number of carbonyl (C=O) groups excluding carboxylic acids is 1. The Kier molecular flexibility index (Phi) is 4.20. The fourth-order valence-electron chi connectivity index (χ4n) is 1.93. The summed E-state index contributed by atoms with van der Waals surface area (Å²) in [6.45, 7) is 0.671. The molecule has 1 aromatic heterocycles. The molecule has 0 fully saturated rings. The molecule has 1 aromatic carbocycles. The summed E-state index contributed by atoms with van der Waals surface area (Å²) < 4.78 is 0. The maximum Gasteiger partial charge on any atom is 0.269 e. The minimum absolute atomic E-state index is 0.195. The molecule has 0 aliphatic carbocycles. The van der Waals surface area contributed by atoms with Gasteiger partial charge < -0.3 is 16.0 Å². The molecule has 5 heteroatoms. The van der Waals surface area contributed by atoms with Crippen molar-refractivity contribution in [3.63, 3.8) is 0 Å². The second kappa shape index (κ2) is 6.06. The van der Waals surface area contributed by atoms with Crippen LogP contribution < -0.4 is 16.0 Å². The van der Waals surface area contributed by atoms with Gasteiger partial charge in [-0.1, -0.05) is 18.2 Å². The molecule has 104 valence electrons. The van der Waals surface area contributed by atoms with Crippen molar-refractivity contribution in [1.82, 2.24) is 10.3 Å². The first-order valence-electron chi connectivity index (χ1n) is 6.34. The van der Waals surface area contributed by atoms with Crippen molar-refractivity contribution >= 4 is 17.3 Å². The lowest BCUT2D eigenvalue weighted by molar-refractivity contribution is 0.0958. The minimum Gasteiger partial charge on any atom is -0.398 e. The molecule has 5 nitrogen and oxygen atoms in total. The van der Waals surface area contributed by atoms with Gasteiger partial charge in [-0.2, -0.15) is 0 Å². The Morgan fingerprint density at radius 2 is 2.10 bits per heavy atom. The molecule has 20 heavy (non-hydrogen) atoms. The Hall–Kier alpha value is -2.56. The molecule has 1 amide bonds. The molecule has 0 bridgehead atoms. The predicted octanol–water partition coefficient (Wildman–Crippen LogP) is 1.66. The number of hydrogen-bond acceptors (Lipinski definition) is 4. The summed E-state index contributed by atoms with van der Waals surface area (Å²) in [4.78, 5) is 17.7. The molecule has 0 aliphatic heterocycles. The molecule has 0 atom stereocenters. The summed E-state index contributed by atoms with van der Waals surface area (Å²) in [5, 5.41) is 2.57. The van der Waals surface area contributed by atoms with E-state index in [-0.39, 0.29) is 5.91 Å². The number of anilines is 2. The van der Waals surface area contributed by atoms with E-state index in [1.54, 1.807) is 19.3 Å². The molecule has 3 N–H and O–H groups in total. The zero-order valence-corrected chi connectivity index (χ0v) is 11.6. The molecule has 0 unspecified atom stereocenters. The lowest BCUT2D eigenvalue weighted by atomic mass is 10.1. The van der Waals surface area contributed by atoms with Crippen LogP contribution in [0.3, 0.4) is 0 Å². The summed E-state index contributed by atoms with van der Waals surface area (Å²) in [6, 6.07) is 11.4. The monoisotopic (exact) mass is 270 g/mol. The number of aromatic nitrogens is 1. The van der Waals surface area contributed by atoms with Crippen LogP contribution in [-0.2, 0) is 6.54 Å². The second-order valence-electron chi connectivity index (χ2n) is 4.53. The maximum atomic E-state index is 11.6. The van der Waals surface area contributed by atoms with Gasteiger partial charge in [0.2, 0.25) is 0 Å². The normalized spacial score (nSPS) is 10.1. The molecule has 2 rings (SSSR count). The van der Waals surface area contributed by atoms with E-state index in [2.05, 4.69) is 10.3 Å². The lowest BCUT2D eigenvalue weighted by Crippen LogP contribution is -2.21. The quantitative estimate of drug-likeness (QED) is 0.829. The van der Waals surface area contributed by atoms with Gasteiger partial charge in [0, 0.05) is 38.2 Å². The molecule has 0 saturated heterocycles. The zero-order valence-electron chi connectivity index (χ0n) is 11.6. The number of nitrogens with zero attached hydrogens (tertiary/aromatic N) is 2. The third kappa shape index (κ3) is 3.06. The highest BCUT2D eigenvalue weighted by Gasteiger charge is 2.09. The molecule has 2 aromatic rings. The summed E-state index contributed by atoms with van der Waals surface area (Å²) in [6.07, 6.45) is 1.63. The van der Waals surface area contributed by atoms with Crippen LogP contribution in [0.1, 0.15) is 16.1 Å². The van der Waals surface area contributed by atoms with E-state index in [9.17, 15) is 4.79 Å². The molecular formula is C15H18N4O. The van der Waals surface area contributed by atoms with Gasteiger partial charge >= 0.3 is 0 Å². The van der Waals surface area contributed by atoms with E-state index in [1.807, 2.05) is 42.3 Å². The van der Waals surface area contributed by atoms with Crippen LogP contribution in [0.15, 0.2) is 42.6 Å². The summed E-state index contributed by atoms with van der Waals surface area (Å²) in [5.74, 6) is -0.195. The molecular weight excluding hydrogens is 252 g/mol. The molecule has 1 heterocycles. The van der Waals surface area contributed by atoms with Gasteiger partial charge in [0.15, 0.2) is 0 Å². The highest BCUT2D eigenvalue weighted by molar-refractivity contribution is 5.92. The van der Waals surface area contributed by atoms with E-state index in [0.29, 0.717) is 12.2 Å². The van der Waals surface area contributed by atoms with Crippen LogP contribution in [0, 0.1) is 0 Å². The van der Waals surface area contributed by atoms with Gasteiger partial charge in [-0.05, 0) is 23.8 Å². The van der Waals surface area contributed by atoms with E-state index in [4.69, 9.17) is 5.73 Å². The van der Waals surface area contributed by atoms with Crippen LogP contribution in [0.5, 0.6) is 0 Å². The summed E-state index contributed by atoms with van der Waals surface area (Å²) in [7, 11) is 3.54. The number of carbonyl (C=O) groups is 1. The van der Waals surface area contributed by atoms with Crippen LogP contribution >= 0.6 is 0 Å². The van der Waals surface area contributed by atoms with E-state index >= 15 is 0 Å². The van der Waals surface area contributed by atoms with Crippen LogP contribution in [0.2, 0.25) is 0 Å². The smallest absolute Gasteiger partial charge is 0.269 e. The number of benzene rings is 1. The van der Waals surface area contributed by atoms with Crippen molar-refractivity contribution in [2.75, 3.05) is 24.7 Å². The maximum absolute atomic E-state index is 11.6. The Balaban J connectivity index is 2.19. The zero-order chi connectivity index (χ0) is 14.5. The first-order valence-corrected chi connectivity index (χ1v) is 6.34. The summed E-state index contributed by atoms with van der Waals surface area (Å²) >= 11 is 0. The molecule has 0 spiro atoms. The van der Waals surface area contributed by atoms with Gasteiger partial charge in [0.05, 0.1) is 0 Å². The number of pyridine rings is 1. The number of nitrogens with one attached hydrogen (secondary N) is 1.